The Bertz CT molecular complexity index is 264. The molecule has 1 heterocycles. The number of hydrogen-bond donors (Lipinski definition) is 1. The van der Waals surface area contributed by atoms with Gasteiger partial charge in [0.25, 0.3) is 0 Å². The summed E-state index contributed by atoms with van der Waals surface area (Å²) >= 11 is 3.71. The fraction of sp³-hybridized carbons (Fsp3) is 0.700. The third-order valence-corrected chi connectivity index (χ3v) is 4.12. The fourth-order valence-electron chi connectivity index (χ4n) is 1.08. The molecule has 0 bridgehead atoms. The van der Waals surface area contributed by atoms with Gasteiger partial charge in [-0.2, -0.15) is 11.8 Å². The second kappa shape index (κ2) is 5.61. The van der Waals surface area contributed by atoms with Crippen molar-refractivity contribution in [1.82, 2.24) is 4.98 Å². The highest BCUT2D eigenvalue weighted by Gasteiger charge is 2.06. The van der Waals surface area contributed by atoms with Gasteiger partial charge in [-0.1, -0.05) is 6.92 Å². The molecule has 0 radical (unpaired) electrons. The molecule has 1 N–H and O–H groups in total. The lowest BCUT2D eigenvalue weighted by molar-refractivity contribution is 0.908. The summed E-state index contributed by atoms with van der Waals surface area (Å²) in [5, 5.41) is 4.48. The summed E-state index contributed by atoms with van der Waals surface area (Å²) in [5.41, 5.74) is 1.15. The monoisotopic (exact) mass is 230 g/mol. The predicted molar refractivity (Wildman–Crippen MR) is 67.7 cm³/mol. The molecule has 4 heteroatoms. The molecule has 1 aromatic heterocycles. The Morgan fingerprint density at radius 3 is 2.71 bits per heavy atom. The third-order valence-electron chi connectivity index (χ3n) is 1.97. The van der Waals surface area contributed by atoms with E-state index in [1.165, 1.54) is 10.6 Å². The molecule has 0 aliphatic heterocycles. The first kappa shape index (κ1) is 11.9. The average Bonchev–Trinajstić information content (AvgIpc) is 2.42. The number of thiazole rings is 1. The second-order valence-corrected chi connectivity index (χ2v) is 5.89. The van der Waals surface area contributed by atoms with Gasteiger partial charge in [-0.3, -0.25) is 0 Å². The molecule has 0 amide bonds. The topological polar surface area (TPSA) is 24.9 Å². The first-order chi connectivity index (χ1) is 6.63. The first-order valence-electron chi connectivity index (χ1n) is 4.91. The Kier molecular flexibility index (Phi) is 4.75. The number of thioether (sulfide) groups is 1. The fourth-order valence-corrected chi connectivity index (χ4v) is 2.68. The van der Waals surface area contributed by atoms with E-state index in [1.54, 1.807) is 11.3 Å². The lowest BCUT2D eigenvalue weighted by Crippen LogP contribution is -2.17. The van der Waals surface area contributed by atoms with E-state index in [1.807, 2.05) is 11.8 Å². The maximum atomic E-state index is 4.46. The molecule has 0 aliphatic carbocycles. The lowest BCUT2D eigenvalue weighted by Gasteiger charge is -2.11. The molecule has 0 fully saturated rings. The van der Waals surface area contributed by atoms with Crippen LogP contribution < -0.4 is 5.32 Å². The van der Waals surface area contributed by atoms with E-state index in [4.69, 9.17) is 0 Å². The standard InChI is InChI=1S/C10H18N2S2/c1-5-13-6-7(2)11-10-12-8(3)9(4)14-10/h7H,5-6H2,1-4H3,(H,11,12). The largest absolute Gasteiger partial charge is 0.358 e. The summed E-state index contributed by atoms with van der Waals surface area (Å²) < 4.78 is 0. The van der Waals surface area contributed by atoms with Crippen LogP contribution in [0, 0.1) is 13.8 Å². The molecule has 1 atom stereocenters. The van der Waals surface area contributed by atoms with E-state index in [9.17, 15) is 0 Å². The Balaban J connectivity index is 2.43. The Morgan fingerprint density at radius 1 is 1.50 bits per heavy atom. The first-order valence-corrected chi connectivity index (χ1v) is 6.89. The van der Waals surface area contributed by atoms with Gasteiger partial charge in [-0.15, -0.1) is 11.3 Å². The summed E-state index contributed by atoms with van der Waals surface area (Å²) in [6, 6.07) is 0.505. The summed E-state index contributed by atoms with van der Waals surface area (Å²) in [6.45, 7) is 8.57. The highest BCUT2D eigenvalue weighted by atomic mass is 32.2. The van der Waals surface area contributed by atoms with Crippen LogP contribution in [0.4, 0.5) is 5.13 Å². The molecular weight excluding hydrogens is 212 g/mol. The van der Waals surface area contributed by atoms with Crippen LogP contribution >= 0.6 is 23.1 Å². The quantitative estimate of drug-likeness (QED) is 0.840. The van der Waals surface area contributed by atoms with Crippen LogP contribution in [0.2, 0.25) is 0 Å². The molecular formula is C10H18N2S2. The maximum Gasteiger partial charge on any atom is 0.183 e. The third kappa shape index (κ3) is 3.50. The van der Waals surface area contributed by atoms with E-state index < -0.39 is 0 Å². The van der Waals surface area contributed by atoms with Crippen LogP contribution in [0.3, 0.4) is 0 Å². The van der Waals surface area contributed by atoms with Gasteiger partial charge in [0.2, 0.25) is 0 Å². The zero-order valence-corrected chi connectivity index (χ0v) is 10.9. The Morgan fingerprint density at radius 2 is 2.21 bits per heavy atom. The second-order valence-electron chi connectivity index (χ2n) is 3.37. The molecule has 0 saturated heterocycles. The number of anilines is 1. The highest BCUT2D eigenvalue weighted by molar-refractivity contribution is 7.99. The van der Waals surface area contributed by atoms with Crippen molar-refractivity contribution < 1.29 is 0 Å². The minimum Gasteiger partial charge on any atom is -0.358 e. The minimum atomic E-state index is 0.505. The van der Waals surface area contributed by atoms with Gasteiger partial charge in [-0.25, -0.2) is 4.98 Å². The van der Waals surface area contributed by atoms with E-state index in [0.29, 0.717) is 6.04 Å². The van der Waals surface area contributed by atoms with Crippen LogP contribution in [0.25, 0.3) is 0 Å². The van der Waals surface area contributed by atoms with Gasteiger partial charge < -0.3 is 5.32 Å². The number of hydrogen-bond acceptors (Lipinski definition) is 4. The van der Waals surface area contributed by atoms with Gasteiger partial charge >= 0.3 is 0 Å². The number of nitrogens with zero attached hydrogens (tertiary/aromatic N) is 1. The van der Waals surface area contributed by atoms with Crippen LogP contribution in [-0.2, 0) is 0 Å². The SMILES string of the molecule is CCSCC(C)Nc1nc(C)c(C)s1. The average molecular weight is 230 g/mol. The summed E-state index contributed by atoms with van der Waals surface area (Å²) in [5.74, 6) is 2.33. The Hall–Kier alpha value is -0.220. The molecule has 80 valence electrons. The maximum absolute atomic E-state index is 4.46. The zero-order chi connectivity index (χ0) is 10.6. The van der Waals surface area contributed by atoms with Gasteiger partial charge in [0.05, 0.1) is 5.69 Å². The number of aromatic nitrogens is 1. The van der Waals surface area contributed by atoms with Crippen molar-refractivity contribution in [2.75, 3.05) is 16.8 Å². The van der Waals surface area contributed by atoms with Crippen molar-refractivity contribution >= 4 is 28.2 Å². The molecule has 14 heavy (non-hydrogen) atoms. The number of aryl methyl sites for hydroxylation is 2. The van der Waals surface area contributed by atoms with Crippen LogP contribution in [0.1, 0.15) is 24.4 Å². The molecule has 1 rings (SSSR count). The van der Waals surface area contributed by atoms with Crippen molar-refractivity contribution in [3.63, 3.8) is 0 Å². The summed E-state index contributed by atoms with van der Waals surface area (Å²) in [4.78, 5) is 5.76. The molecule has 1 aromatic rings. The smallest absolute Gasteiger partial charge is 0.183 e. The van der Waals surface area contributed by atoms with Gasteiger partial charge in [-0.05, 0) is 26.5 Å². The van der Waals surface area contributed by atoms with Gasteiger partial charge in [0.1, 0.15) is 0 Å². The van der Waals surface area contributed by atoms with Crippen molar-refractivity contribution in [3.05, 3.63) is 10.6 Å². The normalized spacial score (nSPS) is 12.9. The van der Waals surface area contributed by atoms with Crippen molar-refractivity contribution in [2.45, 2.75) is 33.7 Å². The van der Waals surface area contributed by atoms with Crippen LogP contribution in [-0.4, -0.2) is 22.5 Å². The molecule has 0 saturated carbocycles. The molecule has 2 nitrogen and oxygen atoms in total. The molecule has 0 spiro atoms. The highest BCUT2D eigenvalue weighted by Crippen LogP contribution is 2.22. The van der Waals surface area contributed by atoms with Gasteiger partial charge in [0, 0.05) is 16.7 Å². The molecule has 0 aromatic carbocycles. The van der Waals surface area contributed by atoms with Gasteiger partial charge in [0.15, 0.2) is 5.13 Å². The minimum absolute atomic E-state index is 0.505. The van der Waals surface area contributed by atoms with E-state index in [2.05, 4.69) is 38.0 Å². The summed E-state index contributed by atoms with van der Waals surface area (Å²) in [6.07, 6.45) is 0. The lowest BCUT2D eigenvalue weighted by atomic mass is 10.4. The van der Waals surface area contributed by atoms with E-state index in [0.717, 1.165) is 16.6 Å². The Labute approximate surface area is 94.5 Å². The van der Waals surface area contributed by atoms with Crippen molar-refractivity contribution in [3.8, 4) is 0 Å². The zero-order valence-electron chi connectivity index (χ0n) is 9.26. The van der Waals surface area contributed by atoms with Crippen LogP contribution in [0.5, 0.6) is 0 Å². The van der Waals surface area contributed by atoms with E-state index >= 15 is 0 Å². The van der Waals surface area contributed by atoms with E-state index in [-0.39, 0.29) is 0 Å². The molecule has 1 unspecified atom stereocenters. The van der Waals surface area contributed by atoms with Crippen LogP contribution in [0.15, 0.2) is 0 Å². The summed E-state index contributed by atoms with van der Waals surface area (Å²) in [7, 11) is 0. The predicted octanol–water partition coefficient (Wildman–Crippen LogP) is 3.31. The van der Waals surface area contributed by atoms with Crippen molar-refractivity contribution in [1.29, 1.82) is 0 Å². The molecule has 0 aliphatic rings. The number of nitrogens with one attached hydrogen (secondary N) is 1. The van der Waals surface area contributed by atoms with Crippen molar-refractivity contribution in [2.24, 2.45) is 0 Å². The number of rotatable bonds is 5.